The van der Waals surface area contributed by atoms with E-state index in [0.717, 1.165) is 10.9 Å². The first-order valence-electron chi connectivity index (χ1n) is 7.82. The van der Waals surface area contributed by atoms with E-state index in [1.54, 1.807) is 32.4 Å². The second kappa shape index (κ2) is 6.46. The van der Waals surface area contributed by atoms with E-state index in [2.05, 4.69) is 4.98 Å². The molecule has 0 radical (unpaired) electrons. The Labute approximate surface area is 145 Å². The molecule has 1 aliphatic carbocycles. The molecular weight excluding hydrogens is 330 g/mol. The molecule has 0 saturated heterocycles. The van der Waals surface area contributed by atoms with Crippen LogP contribution in [0.15, 0.2) is 24.3 Å². The number of H-pyrrole nitrogens is 1. The number of Topliss-reactive ketones (excluding diaryl/α,β-unsaturated/α-hetero) is 1. The number of ketones is 1. The standard InChI is InChI=1S/C17H22ClN3O3/c1-23-13-7-15(19)17(20,8-14(13)24-2)16(22)12-6-9-5-10(18)3-4-11(9)21-12/h3-6,13-15,21H,7-8,19-20H2,1-2H3. The molecule has 1 saturated carbocycles. The molecule has 6 nitrogen and oxygen atoms in total. The SMILES string of the molecule is COC1CC(N)C(N)(C(=O)c2cc3cc(Cl)ccc3[nH]2)CC1OC. The fourth-order valence-corrected chi connectivity index (χ4v) is 3.63. The van der Waals surface area contributed by atoms with E-state index < -0.39 is 11.6 Å². The van der Waals surface area contributed by atoms with Gasteiger partial charge in [0, 0.05) is 42.6 Å². The largest absolute Gasteiger partial charge is 0.379 e. The second-order valence-electron chi connectivity index (χ2n) is 6.38. The Hall–Kier alpha value is -1.44. The van der Waals surface area contributed by atoms with E-state index in [-0.39, 0.29) is 18.0 Å². The topological polar surface area (TPSA) is 103 Å². The van der Waals surface area contributed by atoms with Crippen LogP contribution in [0.3, 0.4) is 0 Å². The summed E-state index contributed by atoms with van der Waals surface area (Å²) in [4.78, 5) is 16.2. The maximum Gasteiger partial charge on any atom is 0.200 e. The molecule has 24 heavy (non-hydrogen) atoms. The highest BCUT2D eigenvalue weighted by Crippen LogP contribution is 2.32. The minimum absolute atomic E-state index is 0.170. The average molecular weight is 352 g/mol. The van der Waals surface area contributed by atoms with Gasteiger partial charge in [-0.3, -0.25) is 4.79 Å². The van der Waals surface area contributed by atoms with Crippen LogP contribution in [0, 0.1) is 0 Å². The van der Waals surface area contributed by atoms with Crippen molar-refractivity contribution in [3.63, 3.8) is 0 Å². The van der Waals surface area contributed by atoms with Crippen LogP contribution in [-0.4, -0.2) is 48.8 Å². The Bertz CT molecular complexity index is 763. The maximum atomic E-state index is 13.1. The quantitative estimate of drug-likeness (QED) is 0.729. The molecule has 1 aromatic carbocycles. The first kappa shape index (κ1) is 17.4. The van der Waals surface area contributed by atoms with Crippen molar-refractivity contribution < 1.29 is 14.3 Å². The number of halogens is 1. The lowest BCUT2D eigenvalue weighted by atomic mass is 9.72. The molecule has 1 fully saturated rings. The molecule has 1 heterocycles. The predicted octanol–water partition coefficient (Wildman–Crippen LogP) is 1.85. The van der Waals surface area contributed by atoms with Gasteiger partial charge in [-0.1, -0.05) is 11.6 Å². The summed E-state index contributed by atoms with van der Waals surface area (Å²) < 4.78 is 10.9. The molecule has 7 heteroatoms. The number of aromatic amines is 1. The Morgan fingerprint density at radius 2 is 2.00 bits per heavy atom. The van der Waals surface area contributed by atoms with Crippen LogP contribution < -0.4 is 11.5 Å². The molecule has 0 bridgehead atoms. The number of ether oxygens (including phenoxy) is 2. The molecule has 1 aliphatic rings. The van der Waals surface area contributed by atoms with Gasteiger partial charge in [0.15, 0.2) is 5.78 Å². The molecule has 4 unspecified atom stereocenters. The Morgan fingerprint density at radius 3 is 2.67 bits per heavy atom. The molecule has 4 atom stereocenters. The first-order valence-corrected chi connectivity index (χ1v) is 8.20. The van der Waals surface area contributed by atoms with Crippen LogP contribution in [0.25, 0.3) is 10.9 Å². The number of hydrogen-bond donors (Lipinski definition) is 3. The fourth-order valence-electron chi connectivity index (χ4n) is 3.45. The molecule has 0 amide bonds. The number of nitrogens with two attached hydrogens (primary N) is 2. The summed E-state index contributed by atoms with van der Waals surface area (Å²) in [6.07, 6.45) is 0.320. The highest BCUT2D eigenvalue weighted by Gasteiger charge is 2.49. The number of rotatable bonds is 4. The number of carbonyl (C=O) groups is 1. The van der Waals surface area contributed by atoms with Gasteiger partial charge >= 0.3 is 0 Å². The summed E-state index contributed by atoms with van der Waals surface area (Å²) in [5.74, 6) is -0.223. The van der Waals surface area contributed by atoms with Crippen LogP contribution in [0.2, 0.25) is 5.02 Å². The van der Waals surface area contributed by atoms with Crippen molar-refractivity contribution in [1.82, 2.24) is 4.98 Å². The normalized spacial score (nSPS) is 30.6. The molecule has 5 N–H and O–H groups in total. The molecular formula is C17H22ClN3O3. The number of carbonyl (C=O) groups excluding carboxylic acids is 1. The first-order chi connectivity index (χ1) is 11.4. The van der Waals surface area contributed by atoms with Crippen molar-refractivity contribution >= 4 is 28.3 Å². The van der Waals surface area contributed by atoms with Gasteiger partial charge in [0.05, 0.1) is 23.4 Å². The van der Waals surface area contributed by atoms with Gasteiger partial charge in [-0.2, -0.15) is 0 Å². The highest BCUT2D eigenvalue weighted by molar-refractivity contribution is 6.31. The molecule has 0 aliphatic heterocycles. The van der Waals surface area contributed by atoms with E-state index in [9.17, 15) is 4.79 Å². The number of benzene rings is 1. The summed E-state index contributed by atoms with van der Waals surface area (Å²) in [6.45, 7) is 0. The van der Waals surface area contributed by atoms with Crippen molar-refractivity contribution in [2.24, 2.45) is 11.5 Å². The molecule has 0 spiro atoms. The van der Waals surface area contributed by atoms with Crippen molar-refractivity contribution in [2.75, 3.05) is 14.2 Å². The zero-order valence-electron chi connectivity index (χ0n) is 13.7. The molecule has 1 aromatic heterocycles. The average Bonchev–Trinajstić information content (AvgIpc) is 2.99. The fraction of sp³-hybridized carbons (Fsp3) is 0.471. The van der Waals surface area contributed by atoms with Gasteiger partial charge < -0.3 is 25.9 Å². The monoisotopic (exact) mass is 351 g/mol. The van der Waals surface area contributed by atoms with E-state index in [1.165, 1.54) is 0 Å². The zero-order valence-corrected chi connectivity index (χ0v) is 14.5. The number of aromatic nitrogens is 1. The van der Waals surface area contributed by atoms with Crippen LogP contribution in [0.1, 0.15) is 23.3 Å². The van der Waals surface area contributed by atoms with Gasteiger partial charge in [-0.15, -0.1) is 0 Å². The van der Waals surface area contributed by atoms with Crippen LogP contribution in [0.4, 0.5) is 0 Å². The lowest BCUT2D eigenvalue weighted by Crippen LogP contribution is -2.67. The van der Waals surface area contributed by atoms with E-state index in [0.29, 0.717) is 23.6 Å². The minimum Gasteiger partial charge on any atom is -0.379 e. The van der Waals surface area contributed by atoms with Crippen LogP contribution in [-0.2, 0) is 9.47 Å². The van der Waals surface area contributed by atoms with Gasteiger partial charge in [-0.05, 0) is 30.7 Å². The van der Waals surface area contributed by atoms with Crippen molar-refractivity contribution in [3.05, 3.63) is 35.0 Å². The summed E-state index contributed by atoms with van der Waals surface area (Å²) in [5, 5.41) is 1.47. The number of methoxy groups -OCH3 is 2. The number of nitrogens with one attached hydrogen (secondary N) is 1. The van der Waals surface area contributed by atoms with Crippen LogP contribution in [0.5, 0.6) is 0 Å². The van der Waals surface area contributed by atoms with Gasteiger partial charge in [-0.25, -0.2) is 0 Å². The van der Waals surface area contributed by atoms with Gasteiger partial charge in [0.2, 0.25) is 0 Å². The molecule has 2 aromatic rings. The summed E-state index contributed by atoms with van der Waals surface area (Å²) in [7, 11) is 3.19. The second-order valence-corrected chi connectivity index (χ2v) is 6.82. The summed E-state index contributed by atoms with van der Waals surface area (Å²) >= 11 is 6.00. The Balaban J connectivity index is 1.94. The lowest BCUT2D eigenvalue weighted by Gasteiger charge is -2.44. The highest BCUT2D eigenvalue weighted by atomic mass is 35.5. The molecule has 130 valence electrons. The Kier molecular flexibility index (Phi) is 4.68. The van der Waals surface area contributed by atoms with Gasteiger partial charge in [0.25, 0.3) is 0 Å². The van der Waals surface area contributed by atoms with Crippen molar-refractivity contribution in [1.29, 1.82) is 0 Å². The van der Waals surface area contributed by atoms with Gasteiger partial charge in [0.1, 0.15) is 0 Å². The van der Waals surface area contributed by atoms with E-state index in [4.69, 9.17) is 32.5 Å². The van der Waals surface area contributed by atoms with Crippen LogP contribution >= 0.6 is 11.6 Å². The predicted molar refractivity (Wildman–Crippen MR) is 93.4 cm³/mol. The smallest absolute Gasteiger partial charge is 0.200 e. The van der Waals surface area contributed by atoms with Crippen molar-refractivity contribution in [3.8, 4) is 0 Å². The number of hydrogen-bond acceptors (Lipinski definition) is 5. The van der Waals surface area contributed by atoms with E-state index >= 15 is 0 Å². The zero-order chi connectivity index (χ0) is 17.5. The Morgan fingerprint density at radius 1 is 1.29 bits per heavy atom. The summed E-state index contributed by atoms with van der Waals surface area (Å²) in [5.41, 5.74) is 12.7. The summed E-state index contributed by atoms with van der Waals surface area (Å²) in [6, 6.07) is 6.64. The molecule has 3 rings (SSSR count). The lowest BCUT2D eigenvalue weighted by molar-refractivity contribution is -0.0757. The van der Waals surface area contributed by atoms with E-state index in [1.807, 2.05) is 6.07 Å². The third-order valence-electron chi connectivity index (χ3n) is 4.96. The maximum absolute atomic E-state index is 13.1. The van der Waals surface area contributed by atoms with Crippen molar-refractivity contribution in [2.45, 2.75) is 36.6 Å². The third kappa shape index (κ3) is 2.85. The third-order valence-corrected chi connectivity index (χ3v) is 5.19. The number of fused-ring (bicyclic) bond motifs is 1. The minimum atomic E-state index is -1.21.